The summed E-state index contributed by atoms with van der Waals surface area (Å²) in [5, 5.41) is 21.3. The van der Waals surface area contributed by atoms with Crippen LogP contribution in [0.3, 0.4) is 0 Å². The molecule has 4 aromatic heterocycles. The molecule has 114 valence electrons. The average Bonchev–Trinajstić information content (AvgIpc) is 3.11. The van der Waals surface area contributed by atoms with Crippen molar-refractivity contribution < 1.29 is 0 Å². The van der Waals surface area contributed by atoms with Gasteiger partial charge in [0.25, 0.3) is 0 Å². The molecular formula is C15H14N8. The molecule has 0 bridgehead atoms. The van der Waals surface area contributed by atoms with Crippen molar-refractivity contribution in [1.82, 2.24) is 34.4 Å². The maximum absolute atomic E-state index is 4.61. The van der Waals surface area contributed by atoms with Gasteiger partial charge in [0.1, 0.15) is 11.6 Å². The summed E-state index contributed by atoms with van der Waals surface area (Å²) >= 11 is 0. The molecule has 1 aliphatic rings. The van der Waals surface area contributed by atoms with Gasteiger partial charge >= 0.3 is 0 Å². The third-order valence-corrected chi connectivity index (χ3v) is 4.32. The second kappa shape index (κ2) is 4.48. The number of hydrogen-bond acceptors (Lipinski definition) is 6. The summed E-state index contributed by atoms with van der Waals surface area (Å²) in [6.07, 6.45) is 2.01. The fourth-order valence-corrected chi connectivity index (χ4v) is 3.02. The zero-order valence-corrected chi connectivity index (χ0v) is 12.5. The molecule has 4 aromatic rings. The quantitative estimate of drug-likeness (QED) is 0.551. The van der Waals surface area contributed by atoms with Gasteiger partial charge in [-0.1, -0.05) is 6.07 Å². The van der Waals surface area contributed by atoms with E-state index in [1.165, 1.54) is 0 Å². The lowest BCUT2D eigenvalue weighted by Gasteiger charge is -2.38. The molecule has 0 N–H and O–H groups in total. The zero-order chi connectivity index (χ0) is 15.4. The van der Waals surface area contributed by atoms with E-state index in [2.05, 4.69) is 34.8 Å². The minimum absolute atomic E-state index is 0.368. The van der Waals surface area contributed by atoms with Crippen LogP contribution in [0.2, 0.25) is 0 Å². The van der Waals surface area contributed by atoms with E-state index in [4.69, 9.17) is 0 Å². The van der Waals surface area contributed by atoms with Gasteiger partial charge in [-0.3, -0.25) is 4.40 Å². The van der Waals surface area contributed by atoms with E-state index in [1.807, 2.05) is 43.5 Å². The maximum atomic E-state index is 4.61. The van der Waals surface area contributed by atoms with E-state index in [0.29, 0.717) is 5.92 Å². The highest BCUT2D eigenvalue weighted by Gasteiger charge is 2.32. The number of nitrogens with zero attached hydrogens (tertiary/aromatic N) is 8. The van der Waals surface area contributed by atoms with Gasteiger partial charge in [-0.2, -0.15) is 4.52 Å². The third-order valence-electron chi connectivity index (χ3n) is 4.32. The van der Waals surface area contributed by atoms with Gasteiger partial charge in [-0.05, 0) is 31.2 Å². The highest BCUT2D eigenvalue weighted by Crippen LogP contribution is 2.29. The molecule has 5 rings (SSSR count). The summed E-state index contributed by atoms with van der Waals surface area (Å²) in [7, 11) is 0. The number of rotatable bonds is 2. The molecule has 8 nitrogen and oxygen atoms in total. The van der Waals surface area contributed by atoms with Gasteiger partial charge < -0.3 is 4.90 Å². The van der Waals surface area contributed by atoms with E-state index >= 15 is 0 Å². The smallest absolute Gasteiger partial charge is 0.178 e. The predicted octanol–water partition coefficient (Wildman–Crippen LogP) is 1.08. The zero-order valence-electron chi connectivity index (χ0n) is 12.5. The van der Waals surface area contributed by atoms with Crippen LogP contribution in [-0.2, 0) is 0 Å². The van der Waals surface area contributed by atoms with Gasteiger partial charge in [0.2, 0.25) is 0 Å². The van der Waals surface area contributed by atoms with Crippen LogP contribution in [0.5, 0.6) is 0 Å². The highest BCUT2D eigenvalue weighted by molar-refractivity contribution is 5.49. The van der Waals surface area contributed by atoms with Crippen LogP contribution in [-0.4, -0.2) is 47.5 Å². The Hall–Kier alpha value is -3.03. The Morgan fingerprint density at radius 1 is 0.957 bits per heavy atom. The van der Waals surface area contributed by atoms with Gasteiger partial charge in [0.15, 0.2) is 17.1 Å². The molecule has 8 heteroatoms. The molecule has 1 aliphatic heterocycles. The van der Waals surface area contributed by atoms with Gasteiger partial charge in [0.05, 0.1) is 5.92 Å². The van der Waals surface area contributed by atoms with Crippen LogP contribution in [0.15, 0.2) is 36.5 Å². The van der Waals surface area contributed by atoms with Crippen LogP contribution in [0, 0.1) is 6.92 Å². The normalized spacial score (nSPS) is 15.4. The van der Waals surface area contributed by atoms with Crippen molar-refractivity contribution in [3.63, 3.8) is 0 Å². The molecule has 0 saturated carbocycles. The number of pyridine rings is 1. The fraction of sp³-hybridized carbons (Fsp3) is 0.267. The average molecular weight is 306 g/mol. The minimum atomic E-state index is 0.368. The van der Waals surface area contributed by atoms with Crippen LogP contribution in [0.4, 0.5) is 5.82 Å². The lowest BCUT2D eigenvalue weighted by Crippen LogP contribution is -2.46. The fourth-order valence-electron chi connectivity index (χ4n) is 3.02. The molecule has 5 heterocycles. The second-order valence-corrected chi connectivity index (χ2v) is 5.80. The molecule has 0 atom stereocenters. The molecule has 0 amide bonds. The van der Waals surface area contributed by atoms with E-state index in [-0.39, 0.29) is 0 Å². The monoisotopic (exact) mass is 306 g/mol. The standard InChI is InChI=1S/C15H14N8/c1-10-16-18-13-5-6-14(20-23(10)13)21-8-11(9-21)15-19-17-12-4-2-3-7-22(12)15/h2-7,11H,8-9H2,1H3. The Labute approximate surface area is 131 Å². The van der Waals surface area contributed by atoms with E-state index in [9.17, 15) is 0 Å². The first-order valence-electron chi connectivity index (χ1n) is 7.53. The number of hydrogen-bond donors (Lipinski definition) is 0. The predicted molar refractivity (Wildman–Crippen MR) is 83.5 cm³/mol. The Morgan fingerprint density at radius 2 is 1.83 bits per heavy atom. The van der Waals surface area contributed by atoms with Crippen molar-refractivity contribution in [2.45, 2.75) is 12.8 Å². The Morgan fingerprint density at radius 3 is 2.74 bits per heavy atom. The van der Waals surface area contributed by atoms with Crippen LogP contribution >= 0.6 is 0 Å². The first-order valence-corrected chi connectivity index (χ1v) is 7.53. The van der Waals surface area contributed by atoms with Gasteiger partial charge in [0, 0.05) is 19.3 Å². The number of aryl methyl sites for hydroxylation is 1. The molecule has 0 radical (unpaired) electrons. The van der Waals surface area contributed by atoms with E-state index < -0.39 is 0 Å². The third kappa shape index (κ3) is 1.81. The second-order valence-electron chi connectivity index (χ2n) is 5.80. The number of aromatic nitrogens is 7. The van der Waals surface area contributed by atoms with Crippen LogP contribution in [0.25, 0.3) is 11.3 Å². The van der Waals surface area contributed by atoms with E-state index in [1.54, 1.807) is 4.52 Å². The molecule has 0 unspecified atom stereocenters. The van der Waals surface area contributed by atoms with Crippen molar-refractivity contribution >= 4 is 17.1 Å². The van der Waals surface area contributed by atoms with Crippen molar-refractivity contribution in [3.8, 4) is 0 Å². The van der Waals surface area contributed by atoms with Gasteiger partial charge in [-0.15, -0.1) is 25.5 Å². The SMILES string of the molecule is Cc1nnc2ccc(N3CC(c4nnc5ccccn45)C3)nn12. The van der Waals surface area contributed by atoms with Crippen molar-refractivity contribution in [2.24, 2.45) is 0 Å². The Balaban J connectivity index is 1.42. The van der Waals surface area contributed by atoms with Crippen molar-refractivity contribution in [1.29, 1.82) is 0 Å². The molecule has 1 saturated heterocycles. The van der Waals surface area contributed by atoms with Crippen molar-refractivity contribution in [2.75, 3.05) is 18.0 Å². The maximum Gasteiger partial charge on any atom is 0.178 e. The molecule has 0 spiro atoms. The summed E-state index contributed by atoms with van der Waals surface area (Å²) in [4.78, 5) is 2.23. The van der Waals surface area contributed by atoms with Crippen LogP contribution < -0.4 is 4.90 Å². The number of fused-ring (bicyclic) bond motifs is 2. The lowest BCUT2D eigenvalue weighted by molar-refractivity contribution is 0.490. The first kappa shape index (κ1) is 12.5. The highest BCUT2D eigenvalue weighted by atomic mass is 15.4. The van der Waals surface area contributed by atoms with Gasteiger partial charge in [-0.25, -0.2) is 0 Å². The summed E-state index contributed by atoms with van der Waals surface area (Å²) in [6.45, 7) is 3.67. The molecular weight excluding hydrogens is 292 g/mol. The summed E-state index contributed by atoms with van der Waals surface area (Å²) < 4.78 is 3.83. The Kier molecular flexibility index (Phi) is 2.44. The molecule has 1 fully saturated rings. The minimum Gasteiger partial charge on any atom is -0.354 e. The molecule has 0 aliphatic carbocycles. The number of anilines is 1. The lowest BCUT2D eigenvalue weighted by atomic mass is 9.99. The van der Waals surface area contributed by atoms with E-state index in [0.717, 1.165) is 41.9 Å². The van der Waals surface area contributed by atoms with Crippen LogP contribution in [0.1, 0.15) is 17.6 Å². The first-order chi connectivity index (χ1) is 11.3. The molecule has 0 aromatic carbocycles. The summed E-state index contributed by atoms with van der Waals surface area (Å²) in [6, 6.07) is 9.88. The summed E-state index contributed by atoms with van der Waals surface area (Å²) in [5.41, 5.74) is 1.66. The molecule has 23 heavy (non-hydrogen) atoms. The largest absolute Gasteiger partial charge is 0.354 e. The Bertz CT molecular complexity index is 1010. The topological polar surface area (TPSA) is 76.5 Å². The summed E-state index contributed by atoms with van der Waals surface area (Å²) in [5.74, 6) is 3.11. The van der Waals surface area contributed by atoms with Crippen molar-refractivity contribution in [3.05, 3.63) is 48.2 Å².